The van der Waals surface area contributed by atoms with Crippen LogP contribution in [0.1, 0.15) is 54.4 Å². The maximum absolute atomic E-state index is 12.7. The highest BCUT2D eigenvalue weighted by Gasteiger charge is 2.21. The lowest BCUT2D eigenvalue weighted by molar-refractivity contribution is 0.0739. The Kier molecular flexibility index (Phi) is 7.56. The molecule has 0 aliphatic heterocycles. The number of carbonyl (C=O) groups is 1. The van der Waals surface area contributed by atoms with Gasteiger partial charge >= 0.3 is 0 Å². The Labute approximate surface area is 213 Å². The number of pyridine rings is 2. The number of benzene rings is 1. The minimum atomic E-state index is -1.08. The van der Waals surface area contributed by atoms with E-state index in [2.05, 4.69) is 63.1 Å². The smallest absolute Gasteiger partial charge is 0.254 e. The number of carbonyl (C=O) groups excluding carboxylic acids is 1. The second-order valence-electron chi connectivity index (χ2n) is 10.1. The van der Waals surface area contributed by atoms with Gasteiger partial charge in [0.1, 0.15) is 11.4 Å². The Balaban J connectivity index is 1.62. The number of nitrogens with one attached hydrogen (secondary N) is 3. The van der Waals surface area contributed by atoms with E-state index in [1.807, 2.05) is 13.0 Å². The molecule has 8 heteroatoms. The van der Waals surface area contributed by atoms with Crippen molar-refractivity contribution in [1.29, 1.82) is 0 Å². The number of rotatable bonds is 8. The van der Waals surface area contributed by atoms with Crippen LogP contribution in [-0.2, 0) is 18.4 Å². The summed E-state index contributed by atoms with van der Waals surface area (Å²) in [5, 5.41) is 19.9. The first-order valence-corrected chi connectivity index (χ1v) is 12.4. The van der Waals surface area contributed by atoms with Crippen LogP contribution in [0.5, 0.6) is 0 Å². The fourth-order valence-corrected chi connectivity index (χ4v) is 4.47. The molecular formula is C28H36N6O2. The number of nitrogens with zero attached hydrogens (tertiary/aromatic N) is 3. The minimum absolute atomic E-state index is 0.209. The Morgan fingerprint density at radius 3 is 2.58 bits per heavy atom. The molecule has 1 atom stereocenters. The van der Waals surface area contributed by atoms with Crippen molar-refractivity contribution in [3.05, 3.63) is 71.2 Å². The summed E-state index contributed by atoms with van der Waals surface area (Å²) in [5.74, 6) is 0.418. The zero-order chi connectivity index (χ0) is 25.9. The molecule has 2 heterocycles. The van der Waals surface area contributed by atoms with E-state index in [9.17, 15) is 9.90 Å². The summed E-state index contributed by atoms with van der Waals surface area (Å²) >= 11 is 0. The van der Waals surface area contributed by atoms with Crippen molar-refractivity contribution >= 4 is 28.8 Å². The number of hydrogen-bond acceptors (Lipinski definition) is 7. The predicted octanol–water partition coefficient (Wildman–Crippen LogP) is 4.36. The average Bonchev–Trinajstić information content (AvgIpc) is 2.83. The van der Waals surface area contributed by atoms with Gasteiger partial charge in [0.2, 0.25) is 0 Å². The van der Waals surface area contributed by atoms with Gasteiger partial charge < -0.3 is 26.0 Å². The molecule has 0 saturated carbocycles. The Bertz CT molecular complexity index is 1230. The molecule has 0 fully saturated rings. The fourth-order valence-electron chi connectivity index (χ4n) is 4.47. The van der Waals surface area contributed by atoms with Gasteiger partial charge in [-0.3, -0.25) is 9.78 Å². The van der Waals surface area contributed by atoms with Crippen molar-refractivity contribution in [1.82, 2.24) is 20.2 Å². The lowest BCUT2D eigenvalue weighted by Gasteiger charge is -2.30. The molecule has 0 spiro atoms. The van der Waals surface area contributed by atoms with E-state index >= 15 is 0 Å². The number of fused-ring (bicyclic) bond motifs is 1. The number of aromatic nitrogens is 2. The van der Waals surface area contributed by atoms with Crippen LogP contribution in [-0.4, -0.2) is 52.6 Å². The summed E-state index contributed by atoms with van der Waals surface area (Å²) < 4.78 is 0. The van der Waals surface area contributed by atoms with Gasteiger partial charge in [0.25, 0.3) is 5.91 Å². The summed E-state index contributed by atoms with van der Waals surface area (Å²) in [7, 11) is 4.28. The molecule has 4 N–H and O–H groups in total. The molecular weight excluding hydrogens is 452 g/mol. The van der Waals surface area contributed by atoms with Gasteiger partial charge in [-0.2, -0.15) is 0 Å². The van der Waals surface area contributed by atoms with Crippen molar-refractivity contribution < 1.29 is 9.90 Å². The molecule has 1 aliphatic carbocycles. The highest BCUT2D eigenvalue weighted by Crippen LogP contribution is 2.30. The van der Waals surface area contributed by atoms with Gasteiger partial charge in [-0.25, -0.2) is 4.98 Å². The zero-order valence-electron chi connectivity index (χ0n) is 21.7. The van der Waals surface area contributed by atoms with Crippen LogP contribution >= 0.6 is 0 Å². The Morgan fingerprint density at radius 1 is 1.08 bits per heavy atom. The van der Waals surface area contributed by atoms with Crippen LogP contribution in [0, 0.1) is 0 Å². The maximum Gasteiger partial charge on any atom is 0.254 e. The zero-order valence-corrected chi connectivity index (χ0v) is 21.7. The monoisotopic (exact) mass is 488 g/mol. The summed E-state index contributed by atoms with van der Waals surface area (Å²) in [6.45, 7) is 5.77. The lowest BCUT2D eigenvalue weighted by Crippen LogP contribution is -2.33. The topological polar surface area (TPSA) is 102 Å². The Morgan fingerprint density at radius 2 is 1.86 bits per heavy atom. The summed E-state index contributed by atoms with van der Waals surface area (Å²) in [6.07, 6.45) is 6.50. The van der Waals surface area contributed by atoms with E-state index in [0.717, 1.165) is 18.5 Å². The van der Waals surface area contributed by atoms with E-state index in [1.54, 1.807) is 38.4 Å². The summed E-state index contributed by atoms with van der Waals surface area (Å²) in [6, 6.07) is 12.4. The van der Waals surface area contributed by atoms with Crippen molar-refractivity contribution in [3.8, 4) is 0 Å². The molecule has 190 valence electrons. The van der Waals surface area contributed by atoms with Crippen LogP contribution in [0.4, 0.5) is 22.9 Å². The van der Waals surface area contributed by atoms with Crippen LogP contribution in [0.3, 0.4) is 0 Å². The van der Waals surface area contributed by atoms with Crippen molar-refractivity contribution in [2.75, 3.05) is 31.3 Å². The molecule has 0 bridgehead atoms. The highest BCUT2D eigenvalue weighted by atomic mass is 16.3. The summed E-state index contributed by atoms with van der Waals surface area (Å²) in [4.78, 5) is 23.8. The van der Waals surface area contributed by atoms with Gasteiger partial charge in [-0.1, -0.05) is 6.07 Å². The van der Waals surface area contributed by atoms with Crippen molar-refractivity contribution in [2.24, 2.45) is 0 Å². The van der Waals surface area contributed by atoms with Crippen LogP contribution in [0.25, 0.3) is 0 Å². The molecule has 1 amide bonds. The molecule has 4 rings (SSSR count). The second kappa shape index (κ2) is 10.6. The third-order valence-corrected chi connectivity index (χ3v) is 6.56. The molecule has 3 aromatic rings. The molecule has 1 aliphatic rings. The van der Waals surface area contributed by atoms with Gasteiger partial charge in [0.15, 0.2) is 0 Å². The first-order valence-electron chi connectivity index (χ1n) is 12.4. The molecule has 36 heavy (non-hydrogen) atoms. The summed E-state index contributed by atoms with van der Waals surface area (Å²) in [5.41, 5.74) is 4.94. The molecule has 1 aromatic carbocycles. The highest BCUT2D eigenvalue weighted by molar-refractivity contribution is 6.00. The normalized spacial score (nSPS) is 15.4. The first kappa shape index (κ1) is 25.6. The van der Waals surface area contributed by atoms with E-state index in [0.29, 0.717) is 41.0 Å². The average molecular weight is 489 g/mol. The van der Waals surface area contributed by atoms with Crippen LogP contribution in [0.2, 0.25) is 0 Å². The number of likely N-dealkylation sites (N-methyl/N-ethyl adjacent to an activating group) is 1. The van der Waals surface area contributed by atoms with Crippen molar-refractivity contribution in [3.63, 3.8) is 0 Å². The van der Waals surface area contributed by atoms with Gasteiger partial charge in [-0.05, 0) is 89.5 Å². The third-order valence-electron chi connectivity index (χ3n) is 6.56. The van der Waals surface area contributed by atoms with Gasteiger partial charge in [-0.15, -0.1) is 0 Å². The largest absolute Gasteiger partial charge is 0.384 e. The molecule has 0 saturated heterocycles. The standard InChI is InChI=1S/C28H36N6O2/c1-6-29-27(35)23-17-31-26(16-24(23)32-21-11-12-30-25(15-21)28(2,3)36)33-20-9-7-18-8-10-22(34(4)5)14-19(18)13-20/h7,9,11-13,15-17,22,36H,6,8,10,14H2,1-5H3,(H,29,35)(H2,30,31,32,33). The van der Waals surface area contributed by atoms with Gasteiger partial charge in [0, 0.05) is 42.4 Å². The van der Waals surface area contributed by atoms with E-state index in [4.69, 9.17) is 0 Å². The number of aliphatic hydroxyl groups is 1. The maximum atomic E-state index is 12.7. The second-order valence-corrected chi connectivity index (χ2v) is 10.1. The lowest BCUT2D eigenvalue weighted by atomic mass is 9.87. The van der Waals surface area contributed by atoms with Crippen LogP contribution in [0.15, 0.2) is 48.8 Å². The first-order chi connectivity index (χ1) is 17.1. The molecule has 8 nitrogen and oxygen atoms in total. The third kappa shape index (κ3) is 6.01. The number of anilines is 4. The molecule has 1 unspecified atom stereocenters. The fraction of sp³-hybridized carbons (Fsp3) is 0.393. The molecule has 2 aromatic heterocycles. The van der Waals surface area contributed by atoms with E-state index in [1.165, 1.54) is 17.5 Å². The Hall–Kier alpha value is -3.49. The van der Waals surface area contributed by atoms with Crippen LogP contribution < -0.4 is 16.0 Å². The minimum Gasteiger partial charge on any atom is -0.384 e. The number of aryl methyl sites for hydroxylation is 1. The van der Waals surface area contributed by atoms with E-state index < -0.39 is 5.60 Å². The number of hydrogen-bond donors (Lipinski definition) is 4. The van der Waals surface area contributed by atoms with Gasteiger partial charge in [0.05, 0.1) is 16.9 Å². The van der Waals surface area contributed by atoms with E-state index in [-0.39, 0.29) is 5.91 Å². The van der Waals surface area contributed by atoms with Crippen molar-refractivity contribution in [2.45, 2.75) is 51.7 Å². The molecule has 0 radical (unpaired) electrons. The quantitative estimate of drug-likeness (QED) is 0.374. The number of amides is 1. The SMILES string of the molecule is CCNC(=O)c1cnc(Nc2ccc3c(c2)CC(N(C)C)CC3)cc1Nc1ccnc(C(C)(C)O)c1. The predicted molar refractivity (Wildman–Crippen MR) is 144 cm³/mol.